The third-order valence-electron chi connectivity index (χ3n) is 3.76. The van der Waals surface area contributed by atoms with Crippen LogP contribution in [0.3, 0.4) is 0 Å². The molecule has 0 aliphatic heterocycles. The molecule has 0 saturated carbocycles. The Kier molecular flexibility index (Phi) is 5.11. The second-order valence-electron chi connectivity index (χ2n) is 5.47. The van der Waals surface area contributed by atoms with Gasteiger partial charge in [0.05, 0.1) is 15.2 Å². The van der Waals surface area contributed by atoms with Gasteiger partial charge in [0.15, 0.2) is 6.10 Å². The molecule has 1 heterocycles. The molecule has 0 spiro atoms. The minimum Gasteiger partial charge on any atom is -0.479 e. The second kappa shape index (κ2) is 7.29. The third kappa shape index (κ3) is 3.70. The lowest BCUT2D eigenvalue weighted by atomic mass is 10.2. The number of fused-ring (bicyclic) bond motifs is 1. The van der Waals surface area contributed by atoms with Crippen LogP contribution in [-0.2, 0) is 11.3 Å². The topological polar surface area (TPSA) is 60.3 Å². The zero-order valence-corrected chi connectivity index (χ0v) is 15.4. The monoisotopic (exact) mass is 376 g/mol. The standard InChI is InChI=1S/C18H17ClN2O3S/c1-3-21-14-9-8-12(10-16(14)25-18(21)23)20-17(22)11(2)24-15-7-5-4-6-13(15)19/h4-11H,3H2,1-2H3,(H,20,22)/t11-/m1/s1. The van der Waals surface area contributed by atoms with Gasteiger partial charge in [-0.15, -0.1) is 0 Å². The van der Waals surface area contributed by atoms with Gasteiger partial charge in [0.25, 0.3) is 5.91 Å². The molecule has 0 saturated heterocycles. The maximum absolute atomic E-state index is 12.3. The first-order valence-corrected chi connectivity index (χ1v) is 9.04. The quantitative estimate of drug-likeness (QED) is 0.727. The SMILES string of the molecule is CCn1c(=O)sc2cc(NC(=O)[C@@H](C)Oc3ccccc3Cl)ccc21. The molecule has 1 amide bonds. The van der Waals surface area contributed by atoms with E-state index < -0.39 is 6.10 Å². The number of aryl methyl sites for hydroxylation is 1. The molecule has 7 heteroatoms. The van der Waals surface area contributed by atoms with Gasteiger partial charge in [0.1, 0.15) is 5.75 Å². The van der Waals surface area contributed by atoms with Crippen molar-refractivity contribution in [2.45, 2.75) is 26.5 Å². The molecule has 0 radical (unpaired) electrons. The summed E-state index contributed by atoms with van der Waals surface area (Å²) in [4.78, 5) is 24.3. The van der Waals surface area contributed by atoms with Gasteiger partial charge in [-0.3, -0.25) is 14.2 Å². The smallest absolute Gasteiger partial charge is 0.308 e. The average Bonchev–Trinajstić information content (AvgIpc) is 2.91. The van der Waals surface area contributed by atoms with E-state index in [0.717, 1.165) is 21.6 Å². The summed E-state index contributed by atoms with van der Waals surface area (Å²) in [7, 11) is 0. The van der Waals surface area contributed by atoms with Gasteiger partial charge in [0.2, 0.25) is 0 Å². The molecule has 0 bridgehead atoms. The van der Waals surface area contributed by atoms with Crippen molar-refractivity contribution in [2.75, 3.05) is 5.32 Å². The number of nitrogens with zero attached hydrogens (tertiary/aromatic N) is 1. The van der Waals surface area contributed by atoms with Gasteiger partial charge >= 0.3 is 4.87 Å². The molecule has 1 atom stereocenters. The fourth-order valence-corrected chi connectivity index (χ4v) is 3.65. The molecule has 1 N–H and O–H groups in total. The fraction of sp³-hybridized carbons (Fsp3) is 0.222. The van der Waals surface area contributed by atoms with Crippen molar-refractivity contribution in [1.29, 1.82) is 0 Å². The summed E-state index contributed by atoms with van der Waals surface area (Å²) >= 11 is 7.21. The highest BCUT2D eigenvalue weighted by Gasteiger charge is 2.17. The van der Waals surface area contributed by atoms with Crippen molar-refractivity contribution in [2.24, 2.45) is 0 Å². The lowest BCUT2D eigenvalue weighted by molar-refractivity contribution is -0.122. The molecule has 25 heavy (non-hydrogen) atoms. The Bertz CT molecular complexity index is 980. The van der Waals surface area contributed by atoms with Gasteiger partial charge in [-0.25, -0.2) is 0 Å². The number of aromatic nitrogens is 1. The van der Waals surface area contributed by atoms with Gasteiger partial charge < -0.3 is 10.1 Å². The summed E-state index contributed by atoms with van der Waals surface area (Å²) in [5, 5.41) is 3.26. The predicted molar refractivity (Wildman–Crippen MR) is 102 cm³/mol. The van der Waals surface area contributed by atoms with Crippen LogP contribution >= 0.6 is 22.9 Å². The lowest BCUT2D eigenvalue weighted by Gasteiger charge is -2.15. The molecule has 0 unspecified atom stereocenters. The Morgan fingerprint density at radius 2 is 2.08 bits per heavy atom. The number of hydrogen-bond acceptors (Lipinski definition) is 4. The summed E-state index contributed by atoms with van der Waals surface area (Å²) in [5.74, 6) is 0.169. The normalized spacial score (nSPS) is 12.1. The van der Waals surface area contributed by atoms with Crippen molar-refractivity contribution in [3.05, 3.63) is 57.2 Å². The number of carbonyl (C=O) groups is 1. The number of ether oxygens (including phenoxy) is 1. The number of carbonyl (C=O) groups excluding carboxylic acids is 1. The Balaban J connectivity index is 1.75. The largest absolute Gasteiger partial charge is 0.479 e. The fourth-order valence-electron chi connectivity index (χ4n) is 2.47. The van der Waals surface area contributed by atoms with Crippen LogP contribution in [0, 0.1) is 0 Å². The number of nitrogens with one attached hydrogen (secondary N) is 1. The van der Waals surface area contributed by atoms with Crippen LogP contribution in [0.2, 0.25) is 5.02 Å². The highest BCUT2D eigenvalue weighted by atomic mass is 35.5. The van der Waals surface area contributed by atoms with Crippen LogP contribution in [0.15, 0.2) is 47.3 Å². The van der Waals surface area contributed by atoms with Gasteiger partial charge in [-0.05, 0) is 44.2 Å². The maximum Gasteiger partial charge on any atom is 0.308 e. The number of thiazole rings is 1. The minimum absolute atomic E-state index is 0.00334. The lowest BCUT2D eigenvalue weighted by Crippen LogP contribution is -2.30. The van der Waals surface area contributed by atoms with E-state index in [9.17, 15) is 9.59 Å². The van der Waals surface area contributed by atoms with Crippen LogP contribution in [-0.4, -0.2) is 16.6 Å². The Morgan fingerprint density at radius 1 is 1.32 bits per heavy atom. The summed E-state index contributed by atoms with van der Waals surface area (Å²) in [6.07, 6.45) is -0.713. The van der Waals surface area contributed by atoms with Gasteiger partial charge in [0, 0.05) is 12.2 Å². The summed E-state index contributed by atoms with van der Waals surface area (Å²) in [6, 6.07) is 12.4. The zero-order chi connectivity index (χ0) is 18.0. The van der Waals surface area contributed by atoms with E-state index in [1.165, 1.54) is 0 Å². The van der Waals surface area contributed by atoms with E-state index in [-0.39, 0.29) is 10.8 Å². The van der Waals surface area contributed by atoms with E-state index in [0.29, 0.717) is 23.0 Å². The Labute approximate surface area is 153 Å². The minimum atomic E-state index is -0.713. The molecule has 0 aliphatic rings. The zero-order valence-electron chi connectivity index (χ0n) is 13.8. The summed E-state index contributed by atoms with van der Waals surface area (Å²) in [5.41, 5.74) is 1.49. The number of benzene rings is 2. The highest BCUT2D eigenvalue weighted by Crippen LogP contribution is 2.25. The van der Waals surface area contributed by atoms with Crippen LogP contribution in [0.4, 0.5) is 5.69 Å². The molecule has 1 aromatic heterocycles. The van der Waals surface area contributed by atoms with E-state index in [1.54, 1.807) is 47.9 Å². The highest BCUT2D eigenvalue weighted by molar-refractivity contribution is 7.16. The van der Waals surface area contributed by atoms with Crippen LogP contribution < -0.4 is 14.9 Å². The van der Waals surface area contributed by atoms with E-state index in [1.807, 2.05) is 13.0 Å². The van der Waals surface area contributed by atoms with Gasteiger partial charge in [-0.2, -0.15) is 0 Å². The second-order valence-corrected chi connectivity index (χ2v) is 6.87. The van der Waals surface area contributed by atoms with Crippen molar-refractivity contribution in [3.8, 4) is 5.75 Å². The van der Waals surface area contributed by atoms with Crippen molar-refractivity contribution in [3.63, 3.8) is 0 Å². The number of para-hydroxylation sites is 1. The summed E-state index contributed by atoms with van der Waals surface area (Å²) in [6.45, 7) is 4.20. The number of hydrogen-bond donors (Lipinski definition) is 1. The van der Waals surface area contributed by atoms with Gasteiger partial charge in [-0.1, -0.05) is 35.1 Å². The van der Waals surface area contributed by atoms with E-state index in [2.05, 4.69) is 5.32 Å². The first-order chi connectivity index (χ1) is 12.0. The molecule has 5 nitrogen and oxygen atoms in total. The molecular formula is C18H17ClN2O3S. The maximum atomic E-state index is 12.3. The molecule has 2 aromatic carbocycles. The number of rotatable bonds is 5. The molecule has 3 rings (SSSR count). The predicted octanol–water partition coefficient (Wildman–Crippen LogP) is 4.14. The number of halogens is 1. The Hall–Kier alpha value is -2.31. The first-order valence-electron chi connectivity index (χ1n) is 7.85. The van der Waals surface area contributed by atoms with E-state index in [4.69, 9.17) is 16.3 Å². The van der Waals surface area contributed by atoms with Crippen molar-refractivity contribution in [1.82, 2.24) is 4.57 Å². The average molecular weight is 377 g/mol. The van der Waals surface area contributed by atoms with Crippen LogP contribution in [0.25, 0.3) is 10.2 Å². The van der Waals surface area contributed by atoms with E-state index >= 15 is 0 Å². The van der Waals surface area contributed by atoms with Crippen LogP contribution in [0.5, 0.6) is 5.75 Å². The molecule has 0 fully saturated rings. The summed E-state index contributed by atoms with van der Waals surface area (Å²) < 4.78 is 8.15. The number of anilines is 1. The Morgan fingerprint density at radius 3 is 2.80 bits per heavy atom. The van der Waals surface area contributed by atoms with Crippen molar-refractivity contribution < 1.29 is 9.53 Å². The van der Waals surface area contributed by atoms with Crippen molar-refractivity contribution >= 4 is 44.7 Å². The molecule has 3 aromatic rings. The molecule has 0 aliphatic carbocycles. The first kappa shape index (κ1) is 17.5. The van der Waals surface area contributed by atoms with Crippen LogP contribution in [0.1, 0.15) is 13.8 Å². The molecular weight excluding hydrogens is 360 g/mol. The molecule has 130 valence electrons. The third-order valence-corrected chi connectivity index (χ3v) is 5.02. The number of amides is 1.